The number of aryl methyl sites for hydroxylation is 2. The number of nitrogens with one attached hydrogen (secondary N) is 1. The number of hydrogen-bond donors (Lipinski definition) is 1. The van der Waals surface area contributed by atoms with Gasteiger partial charge in [0.2, 0.25) is 11.8 Å². The largest absolute Gasteiger partial charge is 0.354 e. The van der Waals surface area contributed by atoms with Crippen molar-refractivity contribution in [1.29, 1.82) is 0 Å². The van der Waals surface area contributed by atoms with E-state index < -0.39 is 6.04 Å². The molecule has 0 aliphatic rings. The Balaban J connectivity index is 1.93. The van der Waals surface area contributed by atoms with E-state index in [2.05, 4.69) is 5.32 Å². The molecule has 0 aliphatic heterocycles. The highest BCUT2D eigenvalue weighted by Gasteiger charge is 2.31. The van der Waals surface area contributed by atoms with Gasteiger partial charge in [0.15, 0.2) is 0 Å². The number of carbonyl (C=O) groups excluding carboxylic acids is 2. The zero-order chi connectivity index (χ0) is 25.2. The zero-order valence-corrected chi connectivity index (χ0v) is 21.8. The van der Waals surface area contributed by atoms with Gasteiger partial charge in [-0.3, -0.25) is 9.59 Å². The molecular weight excluding hydrogens is 479 g/mol. The Morgan fingerprint density at radius 3 is 2.17 bits per heavy atom. The fourth-order valence-electron chi connectivity index (χ4n) is 3.92. The molecule has 3 aromatic carbocycles. The quantitative estimate of drug-likeness (QED) is 0.324. The molecule has 0 saturated heterocycles. The van der Waals surface area contributed by atoms with Crippen molar-refractivity contribution in [2.24, 2.45) is 0 Å². The van der Waals surface area contributed by atoms with Gasteiger partial charge in [-0.2, -0.15) is 0 Å². The maximum Gasteiger partial charge on any atom is 0.243 e. The van der Waals surface area contributed by atoms with Gasteiger partial charge in [-0.05, 0) is 43.0 Å². The number of nitrogens with zero attached hydrogens (tertiary/aromatic N) is 1. The highest BCUT2D eigenvalue weighted by atomic mass is 35.5. The number of benzene rings is 3. The minimum Gasteiger partial charge on any atom is -0.354 e. The smallest absolute Gasteiger partial charge is 0.243 e. The van der Waals surface area contributed by atoms with Crippen LogP contribution in [0.4, 0.5) is 0 Å². The van der Waals surface area contributed by atoms with E-state index in [4.69, 9.17) is 23.2 Å². The van der Waals surface area contributed by atoms with Gasteiger partial charge in [0, 0.05) is 41.5 Å². The maximum atomic E-state index is 13.7. The molecule has 2 amide bonds. The van der Waals surface area contributed by atoms with E-state index in [1.165, 1.54) is 5.56 Å². The van der Waals surface area contributed by atoms with Crippen molar-refractivity contribution in [2.45, 2.75) is 52.1 Å². The molecule has 0 radical (unpaired) electrons. The summed E-state index contributed by atoms with van der Waals surface area (Å²) in [6.07, 6.45) is 2.06. The molecule has 0 aromatic heterocycles. The monoisotopic (exact) mass is 510 g/mol. The third-order valence-electron chi connectivity index (χ3n) is 5.96. The van der Waals surface area contributed by atoms with E-state index in [1.54, 1.807) is 23.1 Å². The highest BCUT2D eigenvalue weighted by molar-refractivity contribution is 6.36. The second-order valence-corrected chi connectivity index (χ2v) is 9.52. The summed E-state index contributed by atoms with van der Waals surface area (Å²) in [6.45, 7) is 4.73. The molecule has 0 aliphatic carbocycles. The Morgan fingerprint density at radius 1 is 0.886 bits per heavy atom. The fourth-order valence-corrected chi connectivity index (χ4v) is 4.44. The predicted molar refractivity (Wildman–Crippen MR) is 144 cm³/mol. The van der Waals surface area contributed by atoms with Crippen molar-refractivity contribution >= 4 is 35.0 Å². The normalized spacial score (nSPS) is 11.7. The lowest BCUT2D eigenvalue weighted by Gasteiger charge is -2.32. The third-order valence-corrected chi connectivity index (χ3v) is 6.67. The highest BCUT2D eigenvalue weighted by Crippen LogP contribution is 2.27. The molecule has 35 heavy (non-hydrogen) atoms. The molecule has 0 heterocycles. The van der Waals surface area contributed by atoms with Crippen LogP contribution >= 0.6 is 23.2 Å². The average Bonchev–Trinajstić information content (AvgIpc) is 2.86. The molecule has 4 nitrogen and oxygen atoms in total. The number of rotatable bonds is 11. The summed E-state index contributed by atoms with van der Waals surface area (Å²) in [5.41, 5.74) is 3.87. The standard InChI is InChI=1S/C29H32Cl2N2O2/c1-3-18-32-29(35)27(19-23-8-5-4-6-9-23)33(20-24-25(30)10-7-11-26(24)31)28(34)17-16-22-14-12-21(2)13-15-22/h4-15,27H,3,16-20H2,1-2H3,(H,32,35)/t27-/m1/s1. The number of hydrogen-bond acceptors (Lipinski definition) is 2. The summed E-state index contributed by atoms with van der Waals surface area (Å²) in [4.78, 5) is 28.7. The minimum atomic E-state index is -0.693. The second-order valence-electron chi connectivity index (χ2n) is 8.70. The van der Waals surface area contributed by atoms with Crippen molar-refractivity contribution in [1.82, 2.24) is 10.2 Å². The SMILES string of the molecule is CCCNC(=O)[C@@H](Cc1ccccc1)N(Cc1c(Cl)cccc1Cl)C(=O)CCc1ccc(C)cc1. The van der Waals surface area contributed by atoms with Gasteiger partial charge in [-0.1, -0.05) is 96.4 Å². The maximum absolute atomic E-state index is 13.7. The van der Waals surface area contributed by atoms with Crippen molar-refractivity contribution < 1.29 is 9.59 Å². The molecule has 0 fully saturated rings. The van der Waals surface area contributed by atoms with Crippen molar-refractivity contribution in [2.75, 3.05) is 6.54 Å². The lowest BCUT2D eigenvalue weighted by molar-refractivity contribution is -0.141. The van der Waals surface area contributed by atoms with Crippen LogP contribution in [0.15, 0.2) is 72.8 Å². The van der Waals surface area contributed by atoms with E-state index in [9.17, 15) is 9.59 Å². The first-order valence-electron chi connectivity index (χ1n) is 12.0. The van der Waals surface area contributed by atoms with Gasteiger partial charge in [-0.25, -0.2) is 0 Å². The fraction of sp³-hybridized carbons (Fsp3) is 0.310. The molecule has 3 rings (SSSR count). The average molecular weight is 511 g/mol. The van der Waals surface area contributed by atoms with E-state index >= 15 is 0 Å². The minimum absolute atomic E-state index is 0.117. The Labute approximate surface area is 218 Å². The first-order chi connectivity index (χ1) is 16.9. The molecule has 0 saturated carbocycles. The van der Waals surface area contributed by atoms with Crippen LogP contribution in [-0.4, -0.2) is 29.3 Å². The molecule has 1 N–H and O–H groups in total. The van der Waals surface area contributed by atoms with Crippen LogP contribution < -0.4 is 5.32 Å². The van der Waals surface area contributed by atoms with Gasteiger partial charge in [0.25, 0.3) is 0 Å². The summed E-state index contributed by atoms with van der Waals surface area (Å²) < 4.78 is 0. The summed E-state index contributed by atoms with van der Waals surface area (Å²) in [5, 5.41) is 3.93. The van der Waals surface area contributed by atoms with E-state index in [-0.39, 0.29) is 24.8 Å². The molecule has 1 atom stereocenters. The number of carbonyl (C=O) groups is 2. The second kappa shape index (κ2) is 13.3. The predicted octanol–water partition coefficient (Wildman–Crippen LogP) is 6.40. The number of halogens is 2. The van der Waals surface area contributed by atoms with Crippen LogP contribution in [0.3, 0.4) is 0 Å². The van der Waals surface area contributed by atoms with Gasteiger partial charge in [0.1, 0.15) is 6.04 Å². The Kier molecular flexibility index (Phi) is 10.2. The van der Waals surface area contributed by atoms with Crippen molar-refractivity contribution in [3.8, 4) is 0 Å². The van der Waals surface area contributed by atoms with E-state index in [1.807, 2.05) is 68.4 Å². The van der Waals surface area contributed by atoms with Crippen molar-refractivity contribution in [3.63, 3.8) is 0 Å². The van der Waals surface area contributed by atoms with Crippen LogP contribution in [0.1, 0.15) is 42.0 Å². The van der Waals surface area contributed by atoms with Gasteiger partial charge < -0.3 is 10.2 Å². The van der Waals surface area contributed by atoms with E-state index in [0.717, 1.165) is 17.5 Å². The Morgan fingerprint density at radius 2 is 1.54 bits per heavy atom. The van der Waals surface area contributed by atoms with Crippen LogP contribution in [0.2, 0.25) is 10.0 Å². The van der Waals surface area contributed by atoms with Gasteiger partial charge in [-0.15, -0.1) is 0 Å². The molecule has 3 aromatic rings. The lowest BCUT2D eigenvalue weighted by atomic mass is 10.0. The molecule has 0 unspecified atom stereocenters. The lowest BCUT2D eigenvalue weighted by Crippen LogP contribution is -2.50. The van der Waals surface area contributed by atoms with Crippen LogP contribution in [0.25, 0.3) is 0 Å². The molecule has 6 heteroatoms. The molecule has 0 bridgehead atoms. The van der Waals surface area contributed by atoms with Crippen LogP contribution in [0, 0.1) is 6.92 Å². The molecule has 184 valence electrons. The third kappa shape index (κ3) is 7.84. The summed E-state index contributed by atoms with van der Waals surface area (Å²) in [5.74, 6) is -0.295. The first kappa shape index (κ1) is 26.8. The topological polar surface area (TPSA) is 49.4 Å². The summed E-state index contributed by atoms with van der Waals surface area (Å²) >= 11 is 12.9. The number of amides is 2. The van der Waals surface area contributed by atoms with Crippen LogP contribution in [0.5, 0.6) is 0 Å². The first-order valence-corrected chi connectivity index (χ1v) is 12.7. The van der Waals surface area contributed by atoms with Gasteiger partial charge >= 0.3 is 0 Å². The Hall–Kier alpha value is -2.82. The van der Waals surface area contributed by atoms with Crippen molar-refractivity contribution in [3.05, 3.63) is 105 Å². The van der Waals surface area contributed by atoms with E-state index in [0.29, 0.717) is 35.0 Å². The van der Waals surface area contributed by atoms with Gasteiger partial charge in [0.05, 0.1) is 0 Å². The zero-order valence-electron chi connectivity index (χ0n) is 20.3. The molecular formula is C29H32Cl2N2O2. The Bertz CT molecular complexity index is 1100. The molecule has 0 spiro atoms. The summed E-state index contributed by atoms with van der Waals surface area (Å²) in [7, 11) is 0. The summed E-state index contributed by atoms with van der Waals surface area (Å²) in [6, 6.07) is 22.5. The van der Waals surface area contributed by atoms with Crippen LogP contribution in [-0.2, 0) is 29.0 Å².